The van der Waals surface area contributed by atoms with Gasteiger partial charge in [0.05, 0.1) is 7.11 Å². The fraction of sp³-hybridized carbons (Fsp3) is 0.294. The predicted molar refractivity (Wildman–Crippen MR) is 163 cm³/mol. The van der Waals surface area contributed by atoms with E-state index in [1.807, 2.05) is 105 Å². The number of esters is 1. The average molecular weight is 570 g/mol. The molecule has 0 radical (unpaired) electrons. The van der Waals surface area contributed by atoms with Crippen LogP contribution in [-0.2, 0) is 36.8 Å². The lowest BCUT2D eigenvalue weighted by molar-refractivity contribution is -0.145. The Kier molecular flexibility index (Phi) is 12.5. The molecule has 0 bridgehead atoms. The van der Waals surface area contributed by atoms with Gasteiger partial charge in [-0.05, 0) is 35.1 Å². The second kappa shape index (κ2) is 16.5. The fourth-order valence-corrected chi connectivity index (χ4v) is 4.45. The van der Waals surface area contributed by atoms with Crippen molar-refractivity contribution in [2.45, 2.75) is 51.2 Å². The standard InChI is InChI=1S/C34H39N3O5/c1-24(2)21-28(35-31(38)20-19-25-13-7-4-8-14-25)32(39)36-29(22-26-15-9-5-10-16-26)33(40)37-30(34(41)42-3)23-27-17-11-6-12-18-27/h4-20,24,28-30H,21-23H2,1-3H3,(H,35,38)(H,36,39)(H,37,40)/b20-19+/t28-,29-,30-/m0/s1. The first-order valence-electron chi connectivity index (χ1n) is 14.0. The lowest BCUT2D eigenvalue weighted by atomic mass is 10.0. The van der Waals surface area contributed by atoms with Crippen molar-refractivity contribution >= 4 is 29.8 Å². The third-order valence-corrected chi connectivity index (χ3v) is 6.57. The number of hydrogen-bond donors (Lipinski definition) is 3. The Labute approximate surface area is 247 Å². The van der Waals surface area contributed by atoms with Gasteiger partial charge in [0.1, 0.15) is 18.1 Å². The number of carbonyl (C=O) groups is 4. The van der Waals surface area contributed by atoms with Crippen LogP contribution in [0.25, 0.3) is 6.08 Å². The number of ether oxygens (including phenoxy) is 1. The van der Waals surface area contributed by atoms with Crippen LogP contribution in [0.1, 0.15) is 37.0 Å². The van der Waals surface area contributed by atoms with Crippen LogP contribution in [-0.4, -0.2) is 48.9 Å². The maximum absolute atomic E-state index is 13.6. The number of benzene rings is 3. The molecule has 0 aliphatic carbocycles. The number of rotatable bonds is 14. The van der Waals surface area contributed by atoms with Crippen LogP contribution >= 0.6 is 0 Å². The first kappa shape index (κ1) is 31.8. The minimum Gasteiger partial charge on any atom is -0.467 e. The van der Waals surface area contributed by atoms with Gasteiger partial charge in [0.15, 0.2) is 0 Å². The van der Waals surface area contributed by atoms with Crippen molar-refractivity contribution in [2.24, 2.45) is 5.92 Å². The van der Waals surface area contributed by atoms with E-state index >= 15 is 0 Å². The third kappa shape index (κ3) is 10.7. The zero-order valence-corrected chi connectivity index (χ0v) is 24.3. The van der Waals surface area contributed by atoms with Gasteiger partial charge in [-0.3, -0.25) is 14.4 Å². The lowest BCUT2D eigenvalue weighted by Crippen LogP contribution is -2.57. The molecule has 0 fully saturated rings. The Morgan fingerprint density at radius 2 is 1.14 bits per heavy atom. The fourth-order valence-electron chi connectivity index (χ4n) is 4.45. The van der Waals surface area contributed by atoms with Gasteiger partial charge >= 0.3 is 5.97 Å². The molecule has 3 amide bonds. The summed E-state index contributed by atoms with van der Waals surface area (Å²) in [6.45, 7) is 3.90. The molecular formula is C34H39N3O5. The Morgan fingerprint density at radius 1 is 0.667 bits per heavy atom. The Balaban J connectivity index is 1.78. The highest BCUT2D eigenvalue weighted by atomic mass is 16.5. The number of methoxy groups -OCH3 is 1. The summed E-state index contributed by atoms with van der Waals surface area (Å²) in [6.07, 6.45) is 3.84. The molecule has 42 heavy (non-hydrogen) atoms. The second-order valence-electron chi connectivity index (χ2n) is 10.5. The van der Waals surface area contributed by atoms with Crippen LogP contribution in [0.3, 0.4) is 0 Å². The Morgan fingerprint density at radius 3 is 1.67 bits per heavy atom. The summed E-state index contributed by atoms with van der Waals surface area (Å²) < 4.78 is 4.95. The minimum atomic E-state index is -1.01. The summed E-state index contributed by atoms with van der Waals surface area (Å²) in [5.74, 6) is -1.93. The van der Waals surface area contributed by atoms with Crippen molar-refractivity contribution in [3.8, 4) is 0 Å². The highest BCUT2D eigenvalue weighted by molar-refractivity contribution is 5.97. The maximum atomic E-state index is 13.6. The monoisotopic (exact) mass is 569 g/mol. The Hall–Kier alpha value is -4.72. The largest absolute Gasteiger partial charge is 0.467 e. The van der Waals surface area contributed by atoms with E-state index in [9.17, 15) is 19.2 Å². The molecule has 8 heteroatoms. The topological polar surface area (TPSA) is 114 Å². The first-order chi connectivity index (χ1) is 20.2. The smallest absolute Gasteiger partial charge is 0.328 e. The summed E-state index contributed by atoms with van der Waals surface area (Å²) >= 11 is 0. The van der Waals surface area contributed by atoms with Gasteiger partial charge in [0, 0.05) is 18.9 Å². The lowest BCUT2D eigenvalue weighted by Gasteiger charge is -2.25. The third-order valence-electron chi connectivity index (χ3n) is 6.57. The highest BCUT2D eigenvalue weighted by Crippen LogP contribution is 2.10. The van der Waals surface area contributed by atoms with Crippen molar-refractivity contribution in [2.75, 3.05) is 7.11 Å². The molecule has 3 aromatic rings. The van der Waals surface area contributed by atoms with E-state index in [0.717, 1.165) is 16.7 Å². The summed E-state index contributed by atoms with van der Waals surface area (Å²) in [4.78, 5) is 52.5. The van der Waals surface area contributed by atoms with Crippen molar-refractivity contribution in [3.63, 3.8) is 0 Å². The predicted octanol–water partition coefficient (Wildman–Crippen LogP) is 3.86. The normalized spacial score (nSPS) is 13.1. The molecule has 3 rings (SSSR count). The van der Waals surface area contributed by atoms with E-state index in [4.69, 9.17) is 4.74 Å². The zero-order valence-electron chi connectivity index (χ0n) is 24.3. The van der Waals surface area contributed by atoms with Gasteiger partial charge in [-0.15, -0.1) is 0 Å². The van der Waals surface area contributed by atoms with Crippen LogP contribution in [0, 0.1) is 5.92 Å². The molecule has 3 N–H and O–H groups in total. The molecule has 0 saturated carbocycles. The van der Waals surface area contributed by atoms with Crippen molar-refractivity contribution in [3.05, 3.63) is 114 Å². The molecule has 0 aliphatic heterocycles. The summed E-state index contributed by atoms with van der Waals surface area (Å²) in [6, 6.07) is 25.1. The highest BCUT2D eigenvalue weighted by Gasteiger charge is 2.30. The van der Waals surface area contributed by atoms with Crippen LogP contribution in [0.5, 0.6) is 0 Å². The molecule has 0 spiro atoms. The molecule has 0 unspecified atom stereocenters. The van der Waals surface area contributed by atoms with E-state index in [2.05, 4.69) is 16.0 Å². The summed E-state index contributed by atoms with van der Waals surface area (Å²) in [7, 11) is 1.27. The van der Waals surface area contributed by atoms with Crippen molar-refractivity contribution in [1.29, 1.82) is 0 Å². The van der Waals surface area contributed by atoms with Gasteiger partial charge in [-0.2, -0.15) is 0 Å². The minimum absolute atomic E-state index is 0.0927. The zero-order chi connectivity index (χ0) is 30.3. The molecule has 0 saturated heterocycles. The maximum Gasteiger partial charge on any atom is 0.328 e. The number of nitrogens with one attached hydrogen (secondary N) is 3. The van der Waals surface area contributed by atoms with E-state index in [0.29, 0.717) is 6.42 Å². The van der Waals surface area contributed by atoms with Gasteiger partial charge in [0.2, 0.25) is 17.7 Å². The van der Waals surface area contributed by atoms with Gasteiger partial charge in [-0.1, -0.05) is 105 Å². The first-order valence-corrected chi connectivity index (χ1v) is 14.0. The molecule has 3 atom stereocenters. The Bertz CT molecular complexity index is 1330. The number of hydrogen-bond acceptors (Lipinski definition) is 5. The molecule has 0 aliphatic rings. The van der Waals surface area contributed by atoms with Gasteiger partial charge < -0.3 is 20.7 Å². The summed E-state index contributed by atoms with van der Waals surface area (Å²) in [5.41, 5.74) is 2.53. The molecule has 8 nitrogen and oxygen atoms in total. The second-order valence-corrected chi connectivity index (χ2v) is 10.5. The molecule has 0 aromatic heterocycles. The quantitative estimate of drug-likeness (QED) is 0.202. The van der Waals surface area contributed by atoms with E-state index in [1.54, 1.807) is 6.08 Å². The summed E-state index contributed by atoms with van der Waals surface area (Å²) in [5, 5.41) is 8.39. The van der Waals surface area contributed by atoms with Gasteiger partial charge in [0.25, 0.3) is 0 Å². The van der Waals surface area contributed by atoms with Gasteiger partial charge in [-0.25, -0.2) is 4.79 Å². The van der Waals surface area contributed by atoms with Crippen LogP contribution < -0.4 is 16.0 Å². The average Bonchev–Trinajstić information content (AvgIpc) is 3.00. The van der Waals surface area contributed by atoms with E-state index in [1.165, 1.54) is 13.2 Å². The van der Waals surface area contributed by atoms with Crippen molar-refractivity contribution < 1.29 is 23.9 Å². The van der Waals surface area contributed by atoms with E-state index < -0.39 is 41.8 Å². The van der Waals surface area contributed by atoms with E-state index in [-0.39, 0.29) is 18.8 Å². The number of carbonyl (C=O) groups excluding carboxylic acids is 4. The molecule has 0 heterocycles. The number of amides is 3. The SMILES string of the molecule is COC(=O)[C@H](Cc1ccccc1)NC(=O)[C@H](Cc1ccccc1)NC(=O)[C@H](CC(C)C)NC(=O)/C=C/c1ccccc1. The molecular weight excluding hydrogens is 530 g/mol. The van der Waals surface area contributed by atoms with Crippen LogP contribution in [0.15, 0.2) is 97.1 Å². The van der Waals surface area contributed by atoms with Crippen molar-refractivity contribution in [1.82, 2.24) is 16.0 Å². The van der Waals surface area contributed by atoms with Crippen LogP contribution in [0.4, 0.5) is 0 Å². The molecule has 3 aromatic carbocycles. The molecule has 220 valence electrons. The van der Waals surface area contributed by atoms with Crippen LogP contribution in [0.2, 0.25) is 0 Å².